The minimum Gasteiger partial charge on any atom is -0.252 e. The van der Waals surface area contributed by atoms with E-state index in [0.717, 1.165) is 17.1 Å². The van der Waals surface area contributed by atoms with Gasteiger partial charge in [0, 0.05) is 11.8 Å². The van der Waals surface area contributed by atoms with Gasteiger partial charge in [0.15, 0.2) is 0 Å². The number of benzene rings is 1. The molecule has 6 nitrogen and oxygen atoms in total. The Morgan fingerprint density at radius 1 is 1.36 bits per heavy atom. The standard InChI is InChI=1S/C13H13BrN4O2S2/c1-9-2-4-10(5-3-9)22(19,20)17-15-11-7-21-8-18-12(11)6-13(14)16-18/h2-6,17H,7-8H2,1H3/b15-11+. The van der Waals surface area contributed by atoms with Crippen molar-refractivity contribution < 1.29 is 8.42 Å². The van der Waals surface area contributed by atoms with Crippen molar-refractivity contribution in [1.82, 2.24) is 14.6 Å². The Hall–Kier alpha value is -1.32. The summed E-state index contributed by atoms with van der Waals surface area (Å²) in [5.41, 5.74) is 2.48. The Labute approximate surface area is 141 Å². The number of nitrogens with one attached hydrogen (secondary N) is 1. The quantitative estimate of drug-likeness (QED) is 0.802. The molecule has 2 aromatic rings. The van der Waals surface area contributed by atoms with E-state index in [2.05, 4.69) is 31.0 Å². The number of thioether (sulfide) groups is 1. The Bertz CT molecular complexity index is 828. The van der Waals surface area contributed by atoms with Crippen LogP contribution in [0.1, 0.15) is 11.3 Å². The van der Waals surface area contributed by atoms with Crippen LogP contribution in [0.25, 0.3) is 0 Å². The summed E-state index contributed by atoms with van der Waals surface area (Å²) in [6, 6.07) is 8.47. The van der Waals surface area contributed by atoms with Gasteiger partial charge in [-0.25, -0.2) is 0 Å². The third kappa shape index (κ3) is 3.21. The highest BCUT2D eigenvalue weighted by atomic mass is 79.9. The molecule has 2 heterocycles. The molecule has 0 fully saturated rings. The van der Waals surface area contributed by atoms with Crippen LogP contribution in [-0.4, -0.2) is 29.7 Å². The third-order valence-electron chi connectivity index (χ3n) is 3.13. The van der Waals surface area contributed by atoms with Crippen molar-refractivity contribution in [3.8, 4) is 0 Å². The molecule has 1 aromatic carbocycles. The SMILES string of the molecule is Cc1ccc(S(=O)(=O)N/N=C2\CSCn3nc(Br)cc32)cc1. The van der Waals surface area contributed by atoms with Crippen molar-refractivity contribution in [2.24, 2.45) is 5.10 Å². The number of hydrogen-bond donors (Lipinski definition) is 1. The molecular weight excluding hydrogens is 388 g/mol. The minimum atomic E-state index is -3.66. The van der Waals surface area contributed by atoms with Gasteiger partial charge in [-0.2, -0.15) is 23.4 Å². The second kappa shape index (κ2) is 6.05. The molecule has 1 aliphatic heterocycles. The third-order valence-corrected chi connectivity index (χ3v) is 5.65. The number of sulfonamides is 1. The van der Waals surface area contributed by atoms with Crippen molar-refractivity contribution >= 4 is 43.4 Å². The van der Waals surface area contributed by atoms with Gasteiger partial charge in [-0.15, -0.1) is 11.8 Å². The van der Waals surface area contributed by atoms with E-state index in [9.17, 15) is 8.42 Å². The van der Waals surface area contributed by atoms with E-state index in [4.69, 9.17) is 0 Å². The molecule has 0 bridgehead atoms. The molecule has 0 saturated heterocycles. The topological polar surface area (TPSA) is 76.3 Å². The van der Waals surface area contributed by atoms with Crippen LogP contribution in [0, 0.1) is 6.92 Å². The van der Waals surface area contributed by atoms with Gasteiger partial charge in [0.2, 0.25) is 0 Å². The average molecular weight is 401 g/mol. The molecule has 22 heavy (non-hydrogen) atoms. The summed E-state index contributed by atoms with van der Waals surface area (Å²) in [4.78, 5) is 2.50. The number of aromatic nitrogens is 2. The molecule has 0 saturated carbocycles. The second-order valence-electron chi connectivity index (χ2n) is 4.80. The van der Waals surface area contributed by atoms with Gasteiger partial charge in [-0.3, -0.25) is 4.68 Å². The molecule has 0 aliphatic carbocycles. The van der Waals surface area contributed by atoms with Crippen LogP contribution in [-0.2, 0) is 15.9 Å². The van der Waals surface area contributed by atoms with Crippen LogP contribution >= 0.6 is 27.7 Å². The number of hydrazone groups is 1. The summed E-state index contributed by atoms with van der Waals surface area (Å²) in [7, 11) is -3.66. The lowest BCUT2D eigenvalue weighted by Crippen LogP contribution is -2.25. The molecule has 116 valence electrons. The van der Waals surface area contributed by atoms with E-state index >= 15 is 0 Å². The number of hydrogen-bond acceptors (Lipinski definition) is 5. The van der Waals surface area contributed by atoms with Crippen LogP contribution in [0.2, 0.25) is 0 Å². The van der Waals surface area contributed by atoms with Gasteiger partial charge in [0.1, 0.15) is 4.60 Å². The number of rotatable bonds is 3. The highest BCUT2D eigenvalue weighted by Gasteiger charge is 2.20. The summed E-state index contributed by atoms with van der Waals surface area (Å²) in [5, 5.41) is 8.35. The first kappa shape index (κ1) is 15.6. The summed E-state index contributed by atoms with van der Waals surface area (Å²) < 4.78 is 27.0. The maximum atomic E-state index is 12.2. The smallest absolute Gasteiger partial charge is 0.252 e. The Kier molecular flexibility index (Phi) is 4.28. The fourth-order valence-electron chi connectivity index (χ4n) is 1.99. The average Bonchev–Trinajstić information content (AvgIpc) is 2.86. The predicted molar refractivity (Wildman–Crippen MR) is 90.4 cm³/mol. The molecule has 1 aromatic heterocycles. The zero-order valence-corrected chi connectivity index (χ0v) is 14.9. The summed E-state index contributed by atoms with van der Waals surface area (Å²) in [6.45, 7) is 1.91. The lowest BCUT2D eigenvalue weighted by Gasteiger charge is -2.15. The first-order chi connectivity index (χ1) is 10.5. The van der Waals surface area contributed by atoms with E-state index in [1.165, 1.54) is 0 Å². The van der Waals surface area contributed by atoms with E-state index in [0.29, 0.717) is 16.1 Å². The van der Waals surface area contributed by atoms with Crippen LogP contribution in [0.5, 0.6) is 0 Å². The van der Waals surface area contributed by atoms with E-state index in [1.54, 1.807) is 40.7 Å². The van der Waals surface area contributed by atoms with Crippen molar-refractivity contribution in [3.63, 3.8) is 0 Å². The maximum Gasteiger partial charge on any atom is 0.276 e. The van der Waals surface area contributed by atoms with E-state index < -0.39 is 10.0 Å². The zero-order valence-electron chi connectivity index (χ0n) is 11.7. The fraction of sp³-hybridized carbons (Fsp3) is 0.231. The number of fused-ring (bicyclic) bond motifs is 1. The van der Waals surface area contributed by atoms with Gasteiger partial charge < -0.3 is 0 Å². The molecule has 1 aliphatic rings. The van der Waals surface area contributed by atoms with Gasteiger partial charge in [-0.1, -0.05) is 17.7 Å². The predicted octanol–water partition coefficient (Wildman–Crippen LogP) is 2.34. The summed E-state index contributed by atoms with van der Waals surface area (Å²) >= 11 is 4.94. The molecular formula is C13H13BrN4O2S2. The Balaban J connectivity index is 1.86. The van der Waals surface area contributed by atoms with Crippen molar-refractivity contribution in [3.05, 3.63) is 46.2 Å². The van der Waals surface area contributed by atoms with Crippen LogP contribution in [0.3, 0.4) is 0 Å². The molecule has 9 heteroatoms. The minimum absolute atomic E-state index is 0.195. The molecule has 1 N–H and O–H groups in total. The van der Waals surface area contributed by atoms with Gasteiger partial charge in [0.05, 0.1) is 22.2 Å². The first-order valence-electron chi connectivity index (χ1n) is 6.42. The largest absolute Gasteiger partial charge is 0.276 e. The second-order valence-corrected chi connectivity index (χ2v) is 8.22. The highest BCUT2D eigenvalue weighted by molar-refractivity contribution is 9.10. The zero-order chi connectivity index (χ0) is 15.7. The van der Waals surface area contributed by atoms with Crippen molar-refractivity contribution in [2.45, 2.75) is 17.7 Å². The van der Waals surface area contributed by atoms with Crippen LogP contribution in [0.15, 0.2) is 44.9 Å². The summed E-state index contributed by atoms with van der Waals surface area (Å²) in [5.74, 6) is 1.36. The summed E-state index contributed by atoms with van der Waals surface area (Å²) in [6.07, 6.45) is 0. The Morgan fingerprint density at radius 2 is 2.09 bits per heavy atom. The van der Waals surface area contributed by atoms with Gasteiger partial charge in [-0.05, 0) is 35.0 Å². The van der Waals surface area contributed by atoms with Crippen LogP contribution < -0.4 is 4.83 Å². The number of aryl methyl sites for hydroxylation is 1. The Morgan fingerprint density at radius 3 is 2.82 bits per heavy atom. The van der Waals surface area contributed by atoms with Crippen molar-refractivity contribution in [1.29, 1.82) is 0 Å². The highest BCUT2D eigenvalue weighted by Crippen LogP contribution is 2.21. The van der Waals surface area contributed by atoms with Crippen molar-refractivity contribution in [2.75, 3.05) is 5.75 Å². The molecule has 0 atom stereocenters. The van der Waals surface area contributed by atoms with Crippen LogP contribution in [0.4, 0.5) is 0 Å². The van der Waals surface area contributed by atoms with Gasteiger partial charge in [0.25, 0.3) is 10.0 Å². The maximum absolute atomic E-state index is 12.2. The number of nitrogens with zero attached hydrogens (tertiary/aromatic N) is 3. The molecule has 0 spiro atoms. The molecule has 0 amide bonds. The monoisotopic (exact) mass is 400 g/mol. The molecule has 0 radical (unpaired) electrons. The van der Waals surface area contributed by atoms with E-state index in [1.807, 2.05) is 13.0 Å². The normalized spacial score (nSPS) is 16.5. The van der Waals surface area contributed by atoms with Gasteiger partial charge >= 0.3 is 0 Å². The lowest BCUT2D eigenvalue weighted by molar-refractivity contribution is 0.584. The first-order valence-corrected chi connectivity index (χ1v) is 9.85. The number of halogens is 1. The fourth-order valence-corrected chi connectivity index (χ4v) is 4.10. The molecule has 0 unspecified atom stereocenters. The lowest BCUT2D eigenvalue weighted by atomic mass is 10.2. The molecule has 3 rings (SSSR count). The van der Waals surface area contributed by atoms with E-state index in [-0.39, 0.29) is 4.90 Å².